The summed E-state index contributed by atoms with van der Waals surface area (Å²) in [6.45, 7) is 1.97. The molecule has 1 saturated heterocycles. The van der Waals surface area contributed by atoms with E-state index in [0.717, 1.165) is 43.8 Å². The molecule has 1 aliphatic heterocycles. The summed E-state index contributed by atoms with van der Waals surface area (Å²) in [6, 6.07) is 0.308. The van der Waals surface area contributed by atoms with Gasteiger partial charge in [0.25, 0.3) is 5.56 Å². The lowest BCUT2D eigenvalue weighted by Crippen LogP contribution is -2.32. The molecule has 1 unspecified atom stereocenters. The SMILES string of the molecule is O=c1[nH]c(CC2CCC2)nc2c1cnn2C1CCCNC1. The van der Waals surface area contributed by atoms with Gasteiger partial charge < -0.3 is 10.3 Å². The van der Waals surface area contributed by atoms with Crippen LogP contribution in [0.5, 0.6) is 0 Å². The molecular weight excluding hydrogens is 266 g/mol. The number of hydrogen-bond donors (Lipinski definition) is 2. The zero-order valence-corrected chi connectivity index (χ0v) is 12.1. The highest BCUT2D eigenvalue weighted by atomic mass is 16.1. The summed E-state index contributed by atoms with van der Waals surface area (Å²) in [4.78, 5) is 19.9. The maximum absolute atomic E-state index is 12.2. The van der Waals surface area contributed by atoms with Gasteiger partial charge in [0.15, 0.2) is 5.65 Å². The van der Waals surface area contributed by atoms with E-state index in [2.05, 4.69) is 15.4 Å². The number of H-pyrrole nitrogens is 1. The van der Waals surface area contributed by atoms with Gasteiger partial charge in [-0.25, -0.2) is 9.67 Å². The average molecular weight is 287 g/mol. The van der Waals surface area contributed by atoms with Gasteiger partial charge in [0, 0.05) is 13.0 Å². The molecule has 6 heteroatoms. The Bertz CT molecular complexity index is 694. The van der Waals surface area contributed by atoms with Gasteiger partial charge in [-0.15, -0.1) is 0 Å². The number of hydrogen-bond acceptors (Lipinski definition) is 4. The Morgan fingerprint density at radius 1 is 1.29 bits per heavy atom. The lowest BCUT2D eigenvalue weighted by atomic mass is 9.83. The van der Waals surface area contributed by atoms with Gasteiger partial charge in [-0.3, -0.25) is 4.79 Å². The van der Waals surface area contributed by atoms with Crippen LogP contribution >= 0.6 is 0 Å². The molecule has 3 heterocycles. The molecule has 0 bridgehead atoms. The van der Waals surface area contributed by atoms with Crippen LogP contribution in [0.25, 0.3) is 11.0 Å². The summed E-state index contributed by atoms with van der Waals surface area (Å²) in [5, 5.41) is 8.43. The highest BCUT2D eigenvalue weighted by Gasteiger charge is 2.22. The third-order valence-corrected chi connectivity index (χ3v) is 4.84. The molecule has 21 heavy (non-hydrogen) atoms. The van der Waals surface area contributed by atoms with Gasteiger partial charge in [0.05, 0.1) is 12.2 Å². The third-order valence-electron chi connectivity index (χ3n) is 4.84. The first-order valence-corrected chi connectivity index (χ1v) is 7.98. The third kappa shape index (κ3) is 2.37. The van der Waals surface area contributed by atoms with Gasteiger partial charge >= 0.3 is 0 Å². The number of nitrogens with one attached hydrogen (secondary N) is 2. The number of fused-ring (bicyclic) bond motifs is 1. The van der Waals surface area contributed by atoms with Gasteiger partial charge in [0.2, 0.25) is 0 Å². The zero-order chi connectivity index (χ0) is 14.2. The van der Waals surface area contributed by atoms with Crippen molar-refractivity contribution in [3.8, 4) is 0 Å². The quantitative estimate of drug-likeness (QED) is 0.894. The van der Waals surface area contributed by atoms with Crippen LogP contribution in [-0.4, -0.2) is 32.8 Å². The minimum absolute atomic E-state index is 0.0515. The normalized spacial score (nSPS) is 23.3. The van der Waals surface area contributed by atoms with Crippen molar-refractivity contribution in [3.63, 3.8) is 0 Å². The van der Waals surface area contributed by atoms with Crippen molar-refractivity contribution in [2.45, 2.75) is 44.6 Å². The number of piperidine rings is 1. The summed E-state index contributed by atoms with van der Waals surface area (Å²) in [5.74, 6) is 1.51. The number of nitrogens with zero attached hydrogens (tertiary/aromatic N) is 3. The van der Waals surface area contributed by atoms with E-state index in [1.807, 2.05) is 4.68 Å². The smallest absolute Gasteiger partial charge is 0.262 e. The van der Waals surface area contributed by atoms with E-state index in [4.69, 9.17) is 4.98 Å². The fourth-order valence-electron chi connectivity index (χ4n) is 3.36. The van der Waals surface area contributed by atoms with E-state index >= 15 is 0 Å². The molecule has 112 valence electrons. The lowest BCUT2D eigenvalue weighted by molar-refractivity contribution is 0.309. The molecule has 4 rings (SSSR count). The Labute approximate surface area is 123 Å². The maximum Gasteiger partial charge on any atom is 0.262 e. The van der Waals surface area contributed by atoms with Gasteiger partial charge in [-0.05, 0) is 25.3 Å². The van der Waals surface area contributed by atoms with Crippen LogP contribution in [0.1, 0.15) is 44.0 Å². The van der Waals surface area contributed by atoms with Crippen molar-refractivity contribution in [1.29, 1.82) is 0 Å². The van der Waals surface area contributed by atoms with Crippen molar-refractivity contribution in [1.82, 2.24) is 25.1 Å². The van der Waals surface area contributed by atoms with Crippen LogP contribution in [0, 0.1) is 5.92 Å². The standard InChI is InChI=1S/C15H21N5O/c21-15-12-9-17-20(11-5-2-6-16-8-11)14(12)18-13(19-15)7-10-3-1-4-10/h9-11,16H,1-8H2,(H,18,19,21). The first-order chi connectivity index (χ1) is 10.3. The second kappa shape index (κ2) is 5.26. The van der Waals surface area contributed by atoms with E-state index in [9.17, 15) is 4.79 Å². The molecular formula is C15H21N5O. The minimum Gasteiger partial charge on any atom is -0.315 e. The fourth-order valence-corrected chi connectivity index (χ4v) is 3.36. The Kier molecular flexibility index (Phi) is 3.25. The van der Waals surface area contributed by atoms with E-state index in [-0.39, 0.29) is 5.56 Å². The molecule has 2 N–H and O–H groups in total. The molecule has 0 spiro atoms. The molecule has 2 aromatic heterocycles. The van der Waals surface area contributed by atoms with Crippen LogP contribution < -0.4 is 10.9 Å². The molecule has 0 amide bonds. The Morgan fingerprint density at radius 3 is 2.90 bits per heavy atom. The second-order valence-electron chi connectivity index (χ2n) is 6.34. The monoisotopic (exact) mass is 287 g/mol. The van der Waals surface area contributed by atoms with Gasteiger partial charge in [-0.2, -0.15) is 5.10 Å². The summed E-state index contributed by atoms with van der Waals surface area (Å²) < 4.78 is 1.95. The Hall–Kier alpha value is -1.69. The van der Waals surface area contributed by atoms with Crippen molar-refractivity contribution >= 4 is 11.0 Å². The summed E-state index contributed by atoms with van der Waals surface area (Å²) in [5.41, 5.74) is 0.700. The lowest BCUT2D eigenvalue weighted by Gasteiger charge is -2.25. The van der Waals surface area contributed by atoms with Gasteiger partial charge in [0.1, 0.15) is 11.2 Å². The Morgan fingerprint density at radius 2 is 2.19 bits per heavy atom. The number of rotatable bonds is 3. The molecule has 0 radical (unpaired) electrons. The molecule has 2 aliphatic rings. The van der Waals surface area contributed by atoms with Crippen molar-refractivity contribution < 1.29 is 0 Å². The van der Waals surface area contributed by atoms with Crippen LogP contribution in [0.2, 0.25) is 0 Å². The topological polar surface area (TPSA) is 75.6 Å². The van der Waals surface area contributed by atoms with E-state index in [1.165, 1.54) is 19.3 Å². The average Bonchev–Trinajstić information content (AvgIpc) is 2.88. The summed E-state index contributed by atoms with van der Waals surface area (Å²) >= 11 is 0. The highest BCUT2D eigenvalue weighted by Crippen LogP contribution is 2.29. The maximum atomic E-state index is 12.2. The predicted molar refractivity (Wildman–Crippen MR) is 80.3 cm³/mol. The van der Waals surface area contributed by atoms with Crippen molar-refractivity contribution in [2.75, 3.05) is 13.1 Å². The van der Waals surface area contributed by atoms with Crippen LogP contribution in [0.15, 0.2) is 11.0 Å². The van der Waals surface area contributed by atoms with Crippen LogP contribution in [0.3, 0.4) is 0 Å². The zero-order valence-electron chi connectivity index (χ0n) is 12.1. The predicted octanol–water partition coefficient (Wildman–Crippen LogP) is 1.39. The molecule has 1 atom stereocenters. The van der Waals surface area contributed by atoms with E-state index in [0.29, 0.717) is 17.3 Å². The molecule has 1 aliphatic carbocycles. The second-order valence-corrected chi connectivity index (χ2v) is 6.34. The van der Waals surface area contributed by atoms with Crippen molar-refractivity contribution in [3.05, 3.63) is 22.4 Å². The first-order valence-electron chi connectivity index (χ1n) is 7.98. The molecule has 2 fully saturated rings. The summed E-state index contributed by atoms with van der Waals surface area (Å²) in [7, 11) is 0. The summed E-state index contributed by atoms with van der Waals surface area (Å²) in [6.07, 6.45) is 8.60. The minimum atomic E-state index is -0.0515. The molecule has 2 aromatic rings. The van der Waals surface area contributed by atoms with E-state index in [1.54, 1.807) is 6.20 Å². The Balaban J connectivity index is 1.71. The molecule has 1 saturated carbocycles. The van der Waals surface area contributed by atoms with Crippen molar-refractivity contribution in [2.24, 2.45) is 5.92 Å². The first kappa shape index (κ1) is 13.0. The highest BCUT2D eigenvalue weighted by molar-refractivity contribution is 5.73. The molecule has 6 nitrogen and oxygen atoms in total. The fraction of sp³-hybridized carbons (Fsp3) is 0.667. The van der Waals surface area contributed by atoms with Crippen LogP contribution in [0.4, 0.5) is 0 Å². The number of aromatic amines is 1. The molecule has 0 aromatic carbocycles. The van der Waals surface area contributed by atoms with E-state index < -0.39 is 0 Å². The van der Waals surface area contributed by atoms with Gasteiger partial charge in [-0.1, -0.05) is 19.3 Å². The van der Waals surface area contributed by atoms with Crippen LogP contribution in [-0.2, 0) is 6.42 Å². The number of aromatic nitrogens is 4. The largest absolute Gasteiger partial charge is 0.315 e.